The third kappa shape index (κ3) is 5.23. The molecule has 208 valence electrons. The van der Waals surface area contributed by atoms with Crippen LogP contribution >= 0.6 is 0 Å². The minimum absolute atomic E-state index is 0.207. The predicted octanol–water partition coefficient (Wildman–Crippen LogP) is 11.6. The van der Waals surface area contributed by atoms with Gasteiger partial charge in [0.25, 0.3) is 0 Å². The number of rotatable bonds is 5. The van der Waals surface area contributed by atoms with Gasteiger partial charge in [0.15, 0.2) is 0 Å². The summed E-state index contributed by atoms with van der Waals surface area (Å²) in [4.78, 5) is 2.42. The highest BCUT2D eigenvalue weighted by Crippen LogP contribution is 2.43. The van der Waals surface area contributed by atoms with E-state index in [1.807, 2.05) is 0 Å². The summed E-state index contributed by atoms with van der Waals surface area (Å²) in [6, 6.07) is 29.3. The molecule has 0 amide bonds. The highest BCUT2D eigenvalue weighted by molar-refractivity contribution is 6.02. The van der Waals surface area contributed by atoms with E-state index in [1.54, 1.807) is 0 Å². The normalized spacial score (nSPS) is 17.7. The van der Waals surface area contributed by atoms with E-state index in [0.29, 0.717) is 0 Å². The Morgan fingerprint density at radius 3 is 2.33 bits per heavy atom. The smallest absolute Gasteiger partial charge is 0.0540 e. The molecule has 0 atom stereocenters. The second kappa shape index (κ2) is 11.7. The van der Waals surface area contributed by atoms with E-state index in [0.717, 1.165) is 36.2 Å². The maximum atomic E-state index is 4.47. The van der Waals surface area contributed by atoms with Gasteiger partial charge < -0.3 is 4.90 Å². The van der Waals surface area contributed by atoms with Crippen LogP contribution in [0.15, 0.2) is 140 Å². The van der Waals surface area contributed by atoms with E-state index >= 15 is 0 Å². The van der Waals surface area contributed by atoms with E-state index in [-0.39, 0.29) is 5.41 Å². The molecule has 0 heterocycles. The van der Waals surface area contributed by atoms with Crippen LogP contribution in [0.4, 0.5) is 17.1 Å². The zero-order valence-corrected chi connectivity index (χ0v) is 25.0. The van der Waals surface area contributed by atoms with Gasteiger partial charge in [-0.15, -0.1) is 0 Å². The molecule has 0 bridgehead atoms. The number of anilines is 3. The highest BCUT2D eigenvalue weighted by atomic mass is 15.1. The Hall–Kier alpha value is -4.62. The SMILES string of the molecule is C=C1/C=C\C=C/Cc2ccc(N(c3ccc(C4=CCCC=C4)cc3)c3ccc(/C=C/C)c4ccccc34)cc2C1(C)C. The summed E-state index contributed by atoms with van der Waals surface area (Å²) in [6.45, 7) is 11.1. The molecule has 0 unspecified atom stereocenters. The maximum Gasteiger partial charge on any atom is 0.0540 e. The first-order valence-electron chi connectivity index (χ1n) is 15.0. The van der Waals surface area contributed by atoms with Crippen LogP contribution in [-0.4, -0.2) is 0 Å². The van der Waals surface area contributed by atoms with Crippen molar-refractivity contribution in [3.05, 3.63) is 162 Å². The molecular formula is C41H39N. The number of hydrogen-bond acceptors (Lipinski definition) is 1. The topological polar surface area (TPSA) is 3.24 Å². The van der Waals surface area contributed by atoms with Gasteiger partial charge in [-0.05, 0) is 95.3 Å². The van der Waals surface area contributed by atoms with Crippen LogP contribution in [0, 0.1) is 0 Å². The van der Waals surface area contributed by atoms with Crippen molar-refractivity contribution in [1.29, 1.82) is 0 Å². The van der Waals surface area contributed by atoms with Gasteiger partial charge >= 0.3 is 0 Å². The Morgan fingerprint density at radius 1 is 0.786 bits per heavy atom. The third-order valence-electron chi connectivity index (χ3n) is 8.69. The van der Waals surface area contributed by atoms with Crippen molar-refractivity contribution in [2.24, 2.45) is 0 Å². The first-order chi connectivity index (χ1) is 20.5. The summed E-state index contributed by atoms with van der Waals surface area (Å²) in [7, 11) is 0. The maximum absolute atomic E-state index is 4.47. The van der Waals surface area contributed by atoms with Crippen LogP contribution in [0.25, 0.3) is 22.4 Å². The molecule has 42 heavy (non-hydrogen) atoms. The second-order valence-electron chi connectivity index (χ2n) is 11.7. The summed E-state index contributed by atoms with van der Waals surface area (Å²) >= 11 is 0. The zero-order valence-electron chi connectivity index (χ0n) is 25.0. The molecule has 0 spiro atoms. The molecule has 2 aliphatic carbocycles. The van der Waals surface area contributed by atoms with Crippen molar-refractivity contribution in [3.63, 3.8) is 0 Å². The Balaban J connectivity index is 1.56. The van der Waals surface area contributed by atoms with Crippen molar-refractivity contribution in [3.8, 4) is 0 Å². The van der Waals surface area contributed by atoms with Crippen LogP contribution in [0.3, 0.4) is 0 Å². The number of nitrogens with zero attached hydrogens (tertiary/aromatic N) is 1. The molecular weight excluding hydrogens is 506 g/mol. The Bertz CT molecular complexity index is 1790. The number of benzene rings is 4. The van der Waals surface area contributed by atoms with Crippen LogP contribution in [0.5, 0.6) is 0 Å². The van der Waals surface area contributed by atoms with Gasteiger partial charge in [-0.25, -0.2) is 0 Å². The summed E-state index contributed by atoms with van der Waals surface area (Å²) < 4.78 is 0. The minimum Gasteiger partial charge on any atom is -0.310 e. The van der Waals surface area contributed by atoms with Gasteiger partial charge in [-0.3, -0.25) is 0 Å². The average molecular weight is 546 g/mol. The van der Waals surface area contributed by atoms with E-state index in [1.165, 1.54) is 44.3 Å². The fourth-order valence-corrected chi connectivity index (χ4v) is 6.17. The van der Waals surface area contributed by atoms with Crippen molar-refractivity contribution >= 4 is 39.5 Å². The molecule has 6 rings (SSSR count). The number of hydrogen-bond donors (Lipinski definition) is 0. The summed E-state index contributed by atoms with van der Waals surface area (Å²) in [5, 5.41) is 2.48. The lowest BCUT2D eigenvalue weighted by molar-refractivity contribution is 0.635. The average Bonchev–Trinajstić information content (AvgIpc) is 3.07. The largest absolute Gasteiger partial charge is 0.310 e. The van der Waals surface area contributed by atoms with E-state index in [2.05, 4.69) is 166 Å². The summed E-state index contributed by atoms with van der Waals surface area (Å²) in [6.07, 6.45) is 22.9. The molecule has 1 nitrogen and oxygen atoms in total. The Kier molecular flexibility index (Phi) is 7.68. The van der Waals surface area contributed by atoms with Gasteiger partial charge in [0.05, 0.1) is 5.69 Å². The molecule has 0 fully saturated rings. The fourth-order valence-electron chi connectivity index (χ4n) is 6.17. The van der Waals surface area contributed by atoms with Crippen LogP contribution in [0.2, 0.25) is 0 Å². The first-order valence-corrected chi connectivity index (χ1v) is 15.0. The predicted molar refractivity (Wildman–Crippen MR) is 184 cm³/mol. The van der Waals surface area contributed by atoms with Crippen molar-refractivity contribution in [1.82, 2.24) is 0 Å². The molecule has 0 N–H and O–H groups in total. The summed E-state index contributed by atoms with van der Waals surface area (Å²) in [5.41, 5.74) is 10.8. The van der Waals surface area contributed by atoms with Gasteiger partial charge in [0, 0.05) is 22.2 Å². The van der Waals surface area contributed by atoms with Crippen molar-refractivity contribution < 1.29 is 0 Å². The van der Waals surface area contributed by atoms with E-state index < -0.39 is 0 Å². The van der Waals surface area contributed by atoms with Crippen LogP contribution in [-0.2, 0) is 11.8 Å². The lowest BCUT2D eigenvalue weighted by Gasteiger charge is -2.32. The molecule has 0 saturated heterocycles. The summed E-state index contributed by atoms with van der Waals surface area (Å²) in [5.74, 6) is 0. The van der Waals surface area contributed by atoms with Crippen molar-refractivity contribution in [2.45, 2.75) is 45.4 Å². The lowest BCUT2D eigenvalue weighted by Crippen LogP contribution is -2.22. The molecule has 1 heteroatoms. The van der Waals surface area contributed by atoms with Crippen LogP contribution in [0.1, 0.15) is 55.9 Å². The Morgan fingerprint density at radius 2 is 1.57 bits per heavy atom. The molecule has 0 aromatic heterocycles. The molecule has 4 aromatic carbocycles. The minimum atomic E-state index is -0.207. The number of fused-ring (bicyclic) bond motifs is 2. The fraction of sp³-hybridized carbons (Fsp3) is 0.171. The second-order valence-corrected chi connectivity index (χ2v) is 11.7. The van der Waals surface area contributed by atoms with Crippen LogP contribution < -0.4 is 4.90 Å². The standard InChI is InChI=1S/C41H39N/c1-5-14-33-24-28-40(38-20-13-12-19-37(33)38)42(35-25-21-32(22-26-35)31-16-9-7-10-17-31)36-27-23-34-18-11-6-8-15-30(2)41(3,4)39(34)29-36/h5-6,8-9,11-17,19-29H,2,7,10,18H2,1,3-4H3/b11-6-,14-5+,15-8-. The van der Waals surface area contributed by atoms with E-state index in [4.69, 9.17) is 0 Å². The first kappa shape index (κ1) is 27.5. The number of allylic oxidation sites excluding steroid dienone is 10. The monoisotopic (exact) mass is 545 g/mol. The molecule has 0 saturated carbocycles. The molecule has 0 aliphatic heterocycles. The highest BCUT2D eigenvalue weighted by Gasteiger charge is 2.27. The molecule has 4 aromatic rings. The van der Waals surface area contributed by atoms with Gasteiger partial charge in [-0.2, -0.15) is 0 Å². The van der Waals surface area contributed by atoms with Crippen molar-refractivity contribution in [2.75, 3.05) is 4.90 Å². The zero-order chi connectivity index (χ0) is 29.1. The van der Waals surface area contributed by atoms with Gasteiger partial charge in [0.1, 0.15) is 0 Å². The molecule has 0 radical (unpaired) electrons. The quantitative estimate of drug-likeness (QED) is 0.241. The van der Waals surface area contributed by atoms with Gasteiger partial charge in [0.2, 0.25) is 0 Å². The van der Waals surface area contributed by atoms with E-state index in [9.17, 15) is 0 Å². The molecule has 2 aliphatic rings. The van der Waals surface area contributed by atoms with Gasteiger partial charge in [-0.1, -0.05) is 124 Å². The third-order valence-corrected chi connectivity index (χ3v) is 8.69. The Labute approximate surface area is 251 Å². The lowest BCUT2D eigenvalue weighted by atomic mass is 9.75.